The van der Waals surface area contributed by atoms with Crippen molar-refractivity contribution in [3.05, 3.63) is 11.6 Å². The molecule has 0 aromatic carbocycles. The highest BCUT2D eigenvalue weighted by atomic mass is 16.5. The number of aliphatic hydroxyl groups is 1. The molecule has 6 atom stereocenters. The molecule has 6 unspecified atom stereocenters. The van der Waals surface area contributed by atoms with Gasteiger partial charge in [-0.25, -0.2) is 0 Å². The molecule has 6 nitrogen and oxygen atoms in total. The van der Waals surface area contributed by atoms with Gasteiger partial charge >= 0.3 is 5.97 Å². The minimum atomic E-state index is -1.65. The van der Waals surface area contributed by atoms with E-state index in [2.05, 4.69) is 13.8 Å². The Hall–Kier alpha value is -1.82. The Bertz CT molecular complexity index is 889. The molecule has 4 rings (SSSR count). The van der Waals surface area contributed by atoms with E-state index in [-0.39, 0.29) is 47.6 Å². The Kier molecular flexibility index (Phi) is 6.45. The van der Waals surface area contributed by atoms with E-state index in [0.717, 1.165) is 37.7 Å². The molecule has 3 fully saturated rings. The maximum Gasteiger partial charge on any atom is 0.306 e. The minimum Gasteiger partial charge on any atom is -0.458 e. The van der Waals surface area contributed by atoms with Crippen LogP contribution < -0.4 is 0 Å². The fourth-order valence-electron chi connectivity index (χ4n) is 7.70. The summed E-state index contributed by atoms with van der Waals surface area (Å²) < 4.78 is 5.21. The molecule has 182 valence electrons. The van der Waals surface area contributed by atoms with E-state index in [4.69, 9.17) is 4.74 Å². The van der Waals surface area contributed by atoms with Gasteiger partial charge in [0.2, 0.25) is 5.78 Å². The molecule has 3 saturated carbocycles. The molecular weight excluding hydrogens is 420 g/mol. The molecule has 4 aliphatic carbocycles. The first kappa shape index (κ1) is 24.3. The van der Waals surface area contributed by atoms with Gasteiger partial charge in [-0.15, -0.1) is 0 Å². The zero-order valence-electron chi connectivity index (χ0n) is 20.3. The Morgan fingerprint density at radius 3 is 2.61 bits per heavy atom. The van der Waals surface area contributed by atoms with E-state index in [1.807, 2.05) is 6.92 Å². The Labute approximate surface area is 196 Å². The van der Waals surface area contributed by atoms with Gasteiger partial charge in [-0.2, -0.15) is 0 Å². The second kappa shape index (κ2) is 8.75. The van der Waals surface area contributed by atoms with E-state index in [0.29, 0.717) is 25.7 Å². The van der Waals surface area contributed by atoms with Crippen molar-refractivity contribution < 1.29 is 29.0 Å². The quantitative estimate of drug-likeness (QED) is 0.455. The number of unbranched alkanes of at least 4 members (excludes halogenated alkanes) is 2. The lowest BCUT2D eigenvalue weighted by Gasteiger charge is -2.57. The van der Waals surface area contributed by atoms with Crippen molar-refractivity contribution in [2.75, 3.05) is 6.61 Å². The molecule has 0 bridgehead atoms. The average Bonchev–Trinajstić information content (AvgIpc) is 3.03. The van der Waals surface area contributed by atoms with Gasteiger partial charge in [0, 0.05) is 30.6 Å². The molecule has 0 aromatic rings. The summed E-state index contributed by atoms with van der Waals surface area (Å²) in [5.41, 5.74) is -1.69. The van der Waals surface area contributed by atoms with E-state index in [1.54, 1.807) is 6.08 Å². The molecule has 0 heterocycles. The van der Waals surface area contributed by atoms with Gasteiger partial charge in [0.05, 0.1) is 0 Å². The van der Waals surface area contributed by atoms with Gasteiger partial charge < -0.3 is 9.84 Å². The number of allylic oxidation sites excluding steroid dienone is 1. The van der Waals surface area contributed by atoms with Crippen LogP contribution in [0.4, 0.5) is 0 Å². The van der Waals surface area contributed by atoms with Crippen LogP contribution in [0.2, 0.25) is 0 Å². The minimum absolute atomic E-state index is 0.0606. The molecule has 0 amide bonds. The highest BCUT2D eigenvalue weighted by Gasteiger charge is 2.68. The maximum absolute atomic E-state index is 13.6. The fraction of sp³-hybridized carbons (Fsp3) is 0.778. The van der Waals surface area contributed by atoms with Crippen LogP contribution in [0.25, 0.3) is 0 Å². The number of rotatable bonds is 7. The van der Waals surface area contributed by atoms with Gasteiger partial charge in [-0.3, -0.25) is 19.2 Å². The summed E-state index contributed by atoms with van der Waals surface area (Å²) in [6.07, 6.45) is 8.62. The van der Waals surface area contributed by atoms with Crippen LogP contribution in [0.1, 0.15) is 91.4 Å². The summed E-state index contributed by atoms with van der Waals surface area (Å²) in [4.78, 5) is 50.8. The third-order valence-corrected chi connectivity index (χ3v) is 9.62. The molecule has 0 spiro atoms. The highest BCUT2D eigenvalue weighted by molar-refractivity contribution is 5.95. The number of ether oxygens (including phenoxy) is 1. The van der Waals surface area contributed by atoms with Crippen LogP contribution >= 0.6 is 0 Å². The average molecular weight is 459 g/mol. The van der Waals surface area contributed by atoms with Crippen molar-refractivity contribution >= 4 is 23.3 Å². The molecule has 1 N–H and O–H groups in total. The lowest BCUT2D eigenvalue weighted by atomic mass is 9.46. The van der Waals surface area contributed by atoms with Gasteiger partial charge in [0.1, 0.15) is 11.4 Å². The van der Waals surface area contributed by atoms with Crippen LogP contribution in [0.15, 0.2) is 11.6 Å². The number of Topliss-reactive ketones (excluding diaryl/α,β-unsaturated/α-hetero) is 2. The predicted octanol–water partition coefficient (Wildman–Crippen LogP) is 4.12. The molecule has 33 heavy (non-hydrogen) atoms. The maximum atomic E-state index is 13.6. The molecule has 6 heteroatoms. The fourth-order valence-corrected chi connectivity index (χ4v) is 7.70. The molecule has 0 radical (unpaired) electrons. The number of carbonyl (C=O) groups excluding carboxylic acids is 4. The SMILES string of the molecule is CCCCCC(=O)OCC(=O)C1(O)CCC2C3CCC4=CC(=O)CCC4(C)C3C(=O)CC21C. The first-order chi connectivity index (χ1) is 15.6. The van der Waals surface area contributed by atoms with Crippen molar-refractivity contribution in [3.63, 3.8) is 0 Å². The van der Waals surface area contributed by atoms with Gasteiger partial charge in [0.25, 0.3) is 0 Å². The normalized spacial score (nSPS) is 39.9. The molecule has 4 aliphatic rings. The number of esters is 1. The highest BCUT2D eigenvalue weighted by Crippen LogP contribution is 2.66. The first-order valence-electron chi connectivity index (χ1n) is 12.7. The number of fused-ring (bicyclic) bond motifs is 5. The van der Waals surface area contributed by atoms with Crippen LogP contribution in [0.3, 0.4) is 0 Å². The summed E-state index contributed by atoms with van der Waals surface area (Å²) in [6.45, 7) is 5.64. The largest absolute Gasteiger partial charge is 0.458 e. The third kappa shape index (κ3) is 3.82. The molecule has 0 aliphatic heterocycles. The number of carbonyl (C=O) groups is 4. The molecule has 0 aromatic heterocycles. The third-order valence-electron chi connectivity index (χ3n) is 9.62. The van der Waals surface area contributed by atoms with E-state index in [9.17, 15) is 24.3 Å². The van der Waals surface area contributed by atoms with Crippen LogP contribution in [0.5, 0.6) is 0 Å². The Morgan fingerprint density at radius 1 is 1.12 bits per heavy atom. The monoisotopic (exact) mass is 458 g/mol. The Morgan fingerprint density at radius 2 is 1.88 bits per heavy atom. The van der Waals surface area contributed by atoms with Crippen molar-refractivity contribution in [2.45, 2.75) is 97.0 Å². The smallest absolute Gasteiger partial charge is 0.306 e. The van der Waals surface area contributed by atoms with Gasteiger partial charge in [-0.1, -0.05) is 39.2 Å². The van der Waals surface area contributed by atoms with Crippen LogP contribution in [-0.2, 0) is 23.9 Å². The number of ketones is 3. The number of hydrogen-bond acceptors (Lipinski definition) is 6. The van der Waals surface area contributed by atoms with Crippen molar-refractivity contribution in [2.24, 2.45) is 28.6 Å². The second-order valence-electron chi connectivity index (χ2n) is 11.3. The summed E-state index contributed by atoms with van der Waals surface area (Å²) in [6, 6.07) is 0. The lowest BCUT2D eigenvalue weighted by molar-refractivity contribution is -0.173. The van der Waals surface area contributed by atoms with Crippen LogP contribution in [0, 0.1) is 28.6 Å². The standard InChI is InChI=1S/C27H38O6/c1-4-5-6-7-23(31)33-16-22(30)27(32)13-11-20-19-9-8-17-14-18(28)10-12-25(17,2)24(19)21(29)15-26(20,27)3/h14,19-20,24,32H,4-13,15-16H2,1-3H3. The van der Waals surface area contributed by atoms with Gasteiger partial charge in [-0.05, 0) is 61.9 Å². The van der Waals surface area contributed by atoms with E-state index >= 15 is 0 Å². The lowest BCUT2D eigenvalue weighted by Crippen LogP contribution is -2.61. The van der Waals surface area contributed by atoms with E-state index < -0.39 is 29.4 Å². The summed E-state index contributed by atoms with van der Waals surface area (Å²) in [5, 5.41) is 11.6. The summed E-state index contributed by atoms with van der Waals surface area (Å²) >= 11 is 0. The van der Waals surface area contributed by atoms with E-state index in [1.165, 1.54) is 0 Å². The summed E-state index contributed by atoms with van der Waals surface area (Å²) in [5.74, 6) is -0.627. The van der Waals surface area contributed by atoms with Gasteiger partial charge in [0.15, 0.2) is 12.4 Å². The summed E-state index contributed by atoms with van der Waals surface area (Å²) in [7, 11) is 0. The zero-order valence-corrected chi connectivity index (χ0v) is 20.3. The zero-order chi connectivity index (χ0) is 24.0. The van der Waals surface area contributed by atoms with Crippen molar-refractivity contribution in [1.29, 1.82) is 0 Å². The predicted molar refractivity (Wildman–Crippen MR) is 122 cm³/mol. The first-order valence-corrected chi connectivity index (χ1v) is 12.7. The van der Waals surface area contributed by atoms with Crippen LogP contribution in [-0.4, -0.2) is 40.6 Å². The topological polar surface area (TPSA) is 97.7 Å². The van der Waals surface area contributed by atoms with Crippen molar-refractivity contribution in [1.82, 2.24) is 0 Å². The molecular formula is C27H38O6. The Balaban J connectivity index is 1.52. The molecule has 0 saturated heterocycles. The second-order valence-corrected chi connectivity index (χ2v) is 11.3. The number of hydrogen-bond donors (Lipinski definition) is 1. The van der Waals surface area contributed by atoms with Crippen molar-refractivity contribution in [3.8, 4) is 0 Å².